The third kappa shape index (κ3) is 2.36. The van der Waals surface area contributed by atoms with Crippen molar-refractivity contribution in [1.82, 2.24) is 10.5 Å². The Bertz CT molecular complexity index is 361. The van der Waals surface area contributed by atoms with Crippen LogP contribution in [0.25, 0.3) is 0 Å². The maximum absolute atomic E-state index is 10.5. The van der Waals surface area contributed by atoms with Crippen LogP contribution in [-0.4, -0.2) is 22.3 Å². The van der Waals surface area contributed by atoms with Crippen molar-refractivity contribution in [2.45, 2.75) is 32.4 Å². The van der Waals surface area contributed by atoms with Crippen molar-refractivity contribution in [3.8, 4) is 0 Å². The van der Waals surface area contributed by atoms with Gasteiger partial charge in [0.05, 0.1) is 6.54 Å². The number of aromatic carboxylic acids is 1. The molecule has 2 unspecified atom stereocenters. The number of hydrogen-bond acceptors (Lipinski definition) is 4. The van der Waals surface area contributed by atoms with Crippen LogP contribution in [0.3, 0.4) is 0 Å². The first-order chi connectivity index (χ1) is 7.20. The topological polar surface area (TPSA) is 75.4 Å². The van der Waals surface area contributed by atoms with E-state index in [4.69, 9.17) is 9.63 Å². The summed E-state index contributed by atoms with van der Waals surface area (Å²) >= 11 is 0. The van der Waals surface area contributed by atoms with Crippen molar-refractivity contribution < 1.29 is 14.4 Å². The largest absolute Gasteiger partial charge is 0.476 e. The Morgan fingerprint density at radius 2 is 2.60 bits per heavy atom. The second kappa shape index (κ2) is 4.02. The van der Waals surface area contributed by atoms with E-state index in [1.54, 1.807) is 0 Å². The lowest BCUT2D eigenvalue weighted by Gasteiger charge is -1.98. The molecule has 82 valence electrons. The molecule has 0 aliphatic heterocycles. The van der Waals surface area contributed by atoms with Crippen molar-refractivity contribution in [2.24, 2.45) is 5.92 Å². The second-order valence-electron chi connectivity index (χ2n) is 3.88. The Labute approximate surface area is 87.5 Å². The molecule has 1 heterocycles. The lowest BCUT2D eigenvalue weighted by molar-refractivity contribution is 0.0685. The highest BCUT2D eigenvalue weighted by atomic mass is 16.5. The van der Waals surface area contributed by atoms with Gasteiger partial charge in [-0.2, -0.15) is 0 Å². The number of rotatable bonds is 5. The average molecular weight is 210 g/mol. The summed E-state index contributed by atoms with van der Waals surface area (Å²) in [6.45, 7) is 2.73. The highest BCUT2D eigenvalue weighted by Gasteiger charge is 2.34. The lowest BCUT2D eigenvalue weighted by Crippen LogP contribution is -2.17. The molecule has 0 radical (unpaired) electrons. The molecule has 0 amide bonds. The van der Waals surface area contributed by atoms with E-state index >= 15 is 0 Å². The summed E-state index contributed by atoms with van der Waals surface area (Å²) < 4.78 is 4.88. The predicted octanol–water partition coefficient (Wildman–Crippen LogP) is 1.26. The molecule has 0 aromatic carbocycles. The first-order valence-corrected chi connectivity index (χ1v) is 5.13. The van der Waals surface area contributed by atoms with E-state index in [1.165, 1.54) is 18.9 Å². The van der Waals surface area contributed by atoms with Gasteiger partial charge in [0.2, 0.25) is 0 Å². The maximum atomic E-state index is 10.5. The van der Waals surface area contributed by atoms with Crippen molar-refractivity contribution in [1.29, 1.82) is 0 Å². The summed E-state index contributed by atoms with van der Waals surface area (Å²) in [4.78, 5) is 10.5. The molecular formula is C10H14N2O3. The molecule has 0 spiro atoms. The Morgan fingerprint density at radius 1 is 1.80 bits per heavy atom. The van der Waals surface area contributed by atoms with Crippen molar-refractivity contribution >= 4 is 5.97 Å². The van der Waals surface area contributed by atoms with Crippen LogP contribution in [0.2, 0.25) is 0 Å². The second-order valence-corrected chi connectivity index (χ2v) is 3.88. The van der Waals surface area contributed by atoms with Gasteiger partial charge in [-0.05, 0) is 12.3 Å². The summed E-state index contributed by atoms with van der Waals surface area (Å²) in [6.07, 6.45) is 2.39. The van der Waals surface area contributed by atoms with E-state index in [2.05, 4.69) is 17.4 Å². The molecule has 1 aliphatic rings. The predicted molar refractivity (Wildman–Crippen MR) is 52.5 cm³/mol. The number of nitrogens with zero attached hydrogens (tertiary/aromatic N) is 1. The third-order valence-electron chi connectivity index (χ3n) is 2.76. The standard InChI is InChI=1S/C10H14N2O3/c1-2-6-3-8(6)11-5-7-4-9(10(13)14)12-15-7/h4,6,8,11H,2-3,5H2,1H3,(H,13,14). The number of aromatic nitrogens is 1. The Hall–Kier alpha value is -1.36. The van der Waals surface area contributed by atoms with Gasteiger partial charge in [-0.15, -0.1) is 0 Å². The summed E-state index contributed by atoms with van der Waals surface area (Å²) in [7, 11) is 0. The molecule has 5 heteroatoms. The van der Waals surface area contributed by atoms with Crippen LogP contribution in [0.4, 0.5) is 0 Å². The zero-order chi connectivity index (χ0) is 10.8. The molecule has 5 nitrogen and oxygen atoms in total. The first kappa shape index (κ1) is 10.2. The van der Waals surface area contributed by atoms with Crippen LogP contribution in [0, 0.1) is 5.92 Å². The number of carbonyl (C=O) groups is 1. The lowest BCUT2D eigenvalue weighted by atomic mass is 10.3. The molecule has 2 atom stereocenters. The van der Waals surface area contributed by atoms with Crippen LogP contribution in [-0.2, 0) is 6.54 Å². The average Bonchev–Trinajstić information content (AvgIpc) is 2.81. The zero-order valence-corrected chi connectivity index (χ0v) is 8.56. The van der Waals surface area contributed by atoms with E-state index < -0.39 is 5.97 Å². The van der Waals surface area contributed by atoms with Gasteiger partial charge in [-0.25, -0.2) is 4.79 Å². The Morgan fingerprint density at radius 3 is 3.13 bits per heavy atom. The van der Waals surface area contributed by atoms with E-state index in [1.807, 2.05) is 0 Å². The highest BCUT2D eigenvalue weighted by Crippen LogP contribution is 2.33. The molecule has 2 N–H and O–H groups in total. The van der Waals surface area contributed by atoms with Gasteiger partial charge in [0.15, 0.2) is 11.5 Å². The maximum Gasteiger partial charge on any atom is 0.358 e. The molecule has 2 rings (SSSR count). The minimum atomic E-state index is -1.05. The van der Waals surface area contributed by atoms with E-state index in [-0.39, 0.29) is 5.69 Å². The summed E-state index contributed by atoms with van der Waals surface area (Å²) in [5, 5.41) is 15.4. The highest BCUT2D eigenvalue weighted by molar-refractivity contribution is 5.85. The fourth-order valence-corrected chi connectivity index (χ4v) is 1.68. The minimum absolute atomic E-state index is 0.0327. The van der Waals surface area contributed by atoms with E-state index in [9.17, 15) is 4.79 Å². The normalized spacial score (nSPS) is 24.1. The van der Waals surface area contributed by atoms with Crippen molar-refractivity contribution in [3.63, 3.8) is 0 Å². The molecule has 1 aliphatic carbocycles. The van der Waals surface area contributed by atoms with Gasteiger partial charge in [0, 0.05) is 12.1 Å². The Balaban J connectivity index is 1.81. The molecule has 15 heavy (non-hydrogen) atoms. The summed E-state index contributed by atoms with van der Waals surface area (Å²) in [5.74, 6) is 0.295. The first-order valence-electron chi connectivity index (χ1n) is 5.13. The smallest absolute Gasteiger partial charge is 0.358 e. The molecule has 1 fully saturated rings. The van der Waals surface area contributed by atoms with Gasteiger partial charge in [-0.1, -0.05) is 18.5 Å². The summed E-state index contributed by atoms with van der Waals surface area (Å²) in [6, 6.07) is 2.02. The van der Waals surface area contributed by atoms with Gasteiger partial charge >= 0.3 is 5.97 Å². The fraction of sp³-hybridized carbons (Fsp3) is 0.600. The fourth-order valence-electron chi connectivity index (χ4n) is 1.68. The van der Waals surface area contributed by atoms with Crippen LogP contribution >= 0.6 is 0 Å². The molecule has 0 saturated heterocycles. The van der Waals surface area contributed by atoms with Crippen molar-refractivity contribution in [3.05, 3.63) is 17.5 Å². The third-order valence-corrected chi connectivity index (χ3v) is 2.76. The zero-order valence-electron chi connectivity index (χ0n) is 8.56. The van der Waals surface area contributed by atoms with Crippen LogP contribution < -0.4 is 5.32 Å². The Kier molecular flexibility index (Phi) is 2.73. The molecule has 1 aromatic rings. The molecular weight excluding hydrogens is 196 g/mol. The number of carboxylic acids is 1. The SMILES string of the molecule is CCC1CC1NCc1cc(C(=O)O)no1. The van der Waals surface area contributed by atoms with Gasteiger partial charge in [-0.3, -0.25) is 0 Å². The molecule has 1 aromatic heterocycles. The molecule has 1 saturated carbocycles. The van der Waals surface area contributed by atoms with E-state index in [0.717, 1.165) is 5.92 Å². The van der Waals surface area contributed by atoms with Crippen LogP contribution in [0.1, 0.15) is 36.0 Å². The quantitative estimate of drug-likeness (QED) is 0.765. The molecule has 0 bridgehead atoms. The van der Waals surface area contributed by atoms with Gasteiger partial charge in [0.1, 0.15) is 0 Å². The van der Waals surface area contributed by atoms with Crippen LogP contribution in [0.15, 0.2) is 10.6 Å². The number of nitrogens with one attached hydrogen (secondary N) is 1. The number of hydrogen-bond donors (Lipinski definition) is 2. The number of carboxylic acid groups (broad SMARTS) is 1. The van der Waals surface area contributed by atoms with Gasteiger partial charge in [0.25, 0.3) is 0 Å². The van der Waals surface area contributed by atoms with Gasteiger partial charge < -0.3 is 14.9 Å². The van der Waals surface area contributed by atoms with E-state index in [0.29, 0.717) is 18.3 Å². The van der Waals surface area contributed by atoms with Crippen molar-refractivity contribution in [2.75, 3.05) is 0 Å². The monoisotopic (exact) mass is 210 g/mol. The summed E-state index contributed by atoms with van der Waals surface area (Å²) in [5.41, 5.74) is -0.0327. The minimum Gasteiger partial charge on any atom is -0.476 e. The van der Waals surface area contributed by atoms with Crippen LogP contribution in [0.5, 0.6) is 0 Å².